The Hall–Kier alpha value is -2.58. The van der Waals surface area contributed by atoms with Crippen LogP contribution in [-0.2, 0) is 6.42 Å². The normalized spacial score (nSPS) is 15.9. The van der Waals surface area contributed by atoms with E-state index in [1.165, 1.54) is 49.2 Å². The molecule has 2 aromatic carbocycles. The van der Waals surface area contributed by atoms with Gasteiger partial charge in [-0.1, -0.05) is 42.5 Å². The molecule has 0 bridgehead atoms. The lowest BCUT2D eigenvalue weighted by Gasteiger charge is -2.14. The molecule has 2 N–H and O–H groups in total. The maximum atomic E-state index is 6.29. The average molecular weight is 356 g/mol. The molecule has 2 aliphatic rings. The van der Waals surface area contributed by atoms with Crippen LogP contribution in [0.1, 0.15) is 35.3 Å². The van der Waals surface area contributed by atoms with Crippen LogP contribution >= 0.6 is 11.3 Å². The first kappa shape index (κ1) is 15.7. The molecule has 0 radical (unpaired) electrons. The Bertz CT molecular complexity index is 1090. The molecule has 5 rings (SSSR count). The first-order valence-electron chi connectivity index (χ1n) is 9.27. The van der Waals surface area contributed by atoms with E-state index in [0.717, 1.165) is 24.9 Å². The van der Waals surface area contributed by atoms with E-state index in [2.05, 4.69) is 66.8 Å². The number of nitrogen functional groups attached to an aromatic ring is 1. The number of anilines is 1. The van der Waals surface area contributed by atoms with Crippen molar-refractivity contribution in [1.29, 1.82) is 0 Å². The lowest BCUT2D eigenvalue weighted by atomic mass is 9.92. The fourth-order valence-electron chi connectivity index (χ4n) is 3.97. The minimum atomic E-state index is 0.868. The van der Waals surface area contributed by atoms with Crippen molar-refractivity contribution in [2.24, 2.45) is 0 Å². The van der Waals surface area contributed by atoms with E-state index in [1.54, 1.807) is 0 Å². The predicted molar refractivity (Wildman–Crippen MR) is 115 cm³/mol. The molecular formula is C24H21NS. The Balaban J connectivity index is 1.63. The van der Waals surface area contributed by atoms with Gasteiger partial charge in [-0.05, 0) is 72.2 Å². The number of nitrogens with two attached hydrogens (primary N) is 1. The minimum absolute atomic E-state index is 0.868. The highest BCUT2D eigenvalue weighted by Crippen LogP contribution is 2.39. The highest BCUT2D eigenvalue weighted by atomic mass is 32.1. The molecule has 3 aromatic rings. The summed E-state index contributed by atoms with van der Waals surface area (Å²) in [5.41, 5.74) is 13.6. The Morgan fingerprint density at radius 2 is 1.73 bits per heavy atom. The van der Waals surface area contributed by atoms with Crippen molar-refractivity contribution in [3.05, 3.63) is 76.7 Å². The summed E-state index contributed by atoms with van der Waals surface area (Å²) in [6, 6.07) is 13.3. The number of aryl methyl sites for hydroxylation is 1. The largest absolute Gasteiger partial charge is 0.398 e. The van der Waals surface area contributed by atoms with Crippen molar-refractivity contribution >= 4 is 38.8 Å². The second kappa shape index (κ2) is 6.30. The van der Waals surface area contributed by atoms with Gasteiger partial charge in [-0.2, -0.15) is 0 Å². The SMILES string of the molecule is Nc1ccc(-c2ccc3sc4c(c3c2)C=CCC4)cc1C1=CC=CCC1. The smallest absolute Gasteiger partial charge is 0.0390 e. The second-order valence-corrected chi connectivity index (χ2v) is 8.19. The molecule has 0 atom stereocenters. The van der Waals surface area contributed by atoms with E-state index in [0.29, 0.717) is 0 Å². The van der Waals surface area contributed by atoms with E-state index < -0.39 is 0 Å². The topological polar surface area (TPSA) is 26.0 Å². The van der Waals surface area contributed by atoms with E-state index in [-0.39, 0.29) is 0 Å². The Kier molecular flexibility index (Phi) is 3.79. The molecule has 1 heterocycles. The van der Waals surface area contributed by atoms with Crippen molar-refractivity contribution in [2.75, 3.05) is 5.73 Å². The van der Waals surface area contributed by atoms with Crippen molar-refractivity contribution in [3.8, 4) is 11.1 Å². The number of rotatable bonds is 2. The molecule has 2 aliphatic carbocycles. The van der Waals surface area contributed by atoms with Crippen LogP contribution in [0, 0.1) is 0 Å². The van der Waals surface area contributed by atoms with Gasteiger partial charge in [0.2, 0.25) is 0 Å². The van der Waals surface area contributed by atoms with E-state index in [9.17, 15) is 0 Å². The summed E-state index contributed by atoms with van der Waals surface area (Å²) >= 11 is 1.94. The van der Waals surface area contributed by atoms with Crippen molar-refractivity contribution in [1.82, 2.24) is 0 Å². The molecule has 2 heteroatoms. The lowest BCUT2D eigenvalue weighted by Crippen LogP contribution is -1.96. The van der Waals surface area contributed by atoms with Gasteiger partial charge in [-0.3, -0.25) is 0 Å². The quantitative estimate of drug-likeness (QED) is 0.500. The molecule has 0 unspecified atom stereocenters. The van der Waals surface area contributed by atoms with Crippen LogP contribution in [0.4, 0.5) is 5.69 Å². The average Bonchev–Trinajstić information content (AvgIpc) is 3.07. The maximum Gasteiger partial charge on any atom is 0.0390 e. The summed E-state index contributed by atoms with van der Waals surface area (Å²) in [5, 5.41) is 1.39. The molecule has 1 nitrogen and oxygen atoms in total. The molecule has 1 aromatic heterocycles. The number of allylic oxidation sites excluding steroid dienone is 5. The van der Waals surface area contributed by atoms with Gasteiger partial charge in [0.15, 0.2) is 0 Å². The molecule has 0 saturated heterocycles. The van der Waals surface area contributed by atoms with Gasteiger partial charge in [-0.25, -0.2) is 0 Å². The lowest BCUT2D eigenvalue weighted by molar-refractivity contribution is 1.02. The van der Waals surface area contributed by atoms with Crippen molar-refractivity contribution in [2.45, 2.75) is 25.7 Å². The van der Waals surface area contributed by atoms with Crippen LogP contribution in [-0.4, -0.2) is 0 Å². The molecule has 26 heavy (non-hydrogen) atoms. The molecule has 0 fully saturated rings. The molecule has 0 amide bonds. The summed E-state index contributed by atoms with van der Waals surface area (Å²) in [4.78, 5) is 1.52. The third-order valence-corrected chi connectivity index (χ3v) is 6.62. The number of thiophene rings is 1. The summed E-state index contributed by atoms with van der Waals surface area (Å²) in [7, 11) is 0. The maximum absolute atomic E-state index is 6.29. The molecular weight excluding hydrogens is 334 g/mol. The summed E-state index contributed by atoms with van der Waals surface area (Å²) < 4.78 is 1.39. The molecule has 0 spiro atoms. The summed E-state index contributed by atoms with van der Waals surface area (Å²) in [6.07, 6.45) is 15.6. The first-order chi connectivity index (χ1) is 12.8. The van der Waals surface area contributed by atoms with E-state index in [1.807, 2.05) is 11.3 Å². The van der Waals surface area contributed by atoms with Crippen molar-refractivity contribution in [3.63, 3.8) is 0 Å². The standard InChI is InChI=1S/C24H21NS/c25-22-12-10-17(14-20(22)16-6-2-1-3-7-16)18-11-13-24-21(15-18)19-8-4-5-9-23(19)26-24/h1-2,4,6,8,10-15H,3,5,7,9,25H2. The number of hydrogen-bond acceptors (Lipinski definition) is 2. The van der Waals surface area contributed by atoms with Crippen molar-refractivity contribution < 1.29 is 0 Å². The van der Waals surface area contributed by atoms with Crippen LogP contribution in [0.15, 0.2) is 60.7 Å². The van der Waals surface area contributed by atoms with Crippen LogP contribution in [0.3, 0.4) is 0 Å². The van der Waals surface area contributed by atoms with Crippen LogP contribution in [0.25, 0.3) is 32.9 Å². The first-order valence-corrected chi connectivity index (χ1v) is 10.1. The highest BCUT2D eigenvalue weighted by molar-refractivity contribution is 7.19. The molecule has 0 saturated carbocycles. The third kappa shape index (κ3) is 2.62. The molecule has 0 aliphatic heterocycles. The van der Waals surface area contributed by atoms with Gasteiger partial charge in [-0.15, -0.1) is 11.3 Å². The van der Waals surface area contributed by atoms with Gasteiger partial charge in [0.05, 0.1) is 0 Å². The Morgan fingerprint density at radius 1 is 0.885 bits per heavy atom. The molecule has 128 valence electrons. The van der Waals surface area contributed by atoms with Gasteiger partial charge >= 0.3 is 0 Å². The number of benzene rings is 2. The highest BCUT2D eigenvalue weighted by Gasteiger charge is 2.14. The van der Waals surface area contributed by atoms with Crippen LogP contribution < -0.4 is 5.73 Å². The second-order valence-electron chi connectivity index (χ2n) is 7.05. The zero-order chi connectivity index (χ0) is 17.5. The summed E-state index contributed by atoms with van der Waals surface area (Å²) in [5.74, 6) is 0. The van der Waals surface area contributed by atoms with Gasteiger partial charge in [0, 0.05) is 26.2 Å². The fourth-order valence-corrected chi connectivity index (χ4v) is 5.16. The fraction of sp³-hybridized carbons (Fsp3) is 0.167. The van der Waals surface area contributed by atoms with Gasteiger partial charge < -0.3 is 5.73 Å². The van der Waals surface area contributed by atoms with E-state index >= 15 is 0 Å². The number of fused-ring (bicyclic) bond motifs is 3. The van der Waals surface area contributed by atoms with E-state index in [4.69, 9.17) is 5.73 Å². The number of hydrogen-bond donors (Lipinski definition) is 1. The van der Waals surface area contributed by atoms with Crippen LogP contribution in [0.5, 0.6) is 0 Å². The monoisotopic (exact) mass is 355 g/mol. The third-order valence-electron chi connectivity index (χ3n) is 5.37. The Morgan fingerprint density at radius 3 is 2.62 bits per heavy atom. The summed E-state index contributed by atoms with van der Waals surface area (Å²) in [6.45, 7) is 0. The predicted octanol–water partition coefficient (Wildman–Crippen LogP) is 6.84. The van der Waals surface area contributed by atoms with Gasteiger partial charge in [0.25, 0.3) is 0 Å². The Labute approximate surface area is 158 Å². The van der Waals surface area contributed by atoms with Gasteiger partial charge in [0.1, 0.15) is 0 Å². The van der Waals surface area contributed by atoms with Crippen LogP contribution in [0.2, 0.25) is 0 Å². The zero-order valence-corrected chi connectivity index (χ0v) is 15.5. The zero-order valence-electron chi connectivity index (χ0n) is 14.7. The minimum Gasteiger partial charge on any atom is -0.398 e.